The zero-order valence-corrected chi connectivity index (χ0v) is 21.1. The number of aromatic nitrogens is 2. The zero-order valence-electron chi connectivity index (χ0n) is 20.4. The molecule has 0 saturated heterocycles. The van der Waals surface area contributed by atoms with Gasteiger partial charge in [0.1, 0.15) is 11.6 Å². The van der Waals surface area contributed by atoms with Gasteiger partial charge in [-0.05, 0) is 61.9 Å². The van der Waals surface area contributed by atoms with Crippen LogP contribution in [0, 0.1) is 11.3 Å². The molecule has 2 heterocycles. The minimum atomic E-state index is -0.419. The molecule has 33 heavy (non-hydrogen) atoms. The molecule has 1 aromatic carbocycles. The predicted molar refractivity (Wildman–Crippen MR) is 132 cm³/mol. The Morgan fingerprint density at radius 2 is 1.97 bits per heavy atom. The molecular weight excluding hydrogens is 438 g/mol. The van der Waals surface area contributed by atoms with Crippen molar-refractivity contribution in [2.24, 2.45) is 11.3 Å². The average Bonchev–Trinajstić information content (AvgIpc) is 3.23. The number of nitrogens with zero attached hydrogens (tertiary/aromatic N) is 3. The highest BCUT2D eigenvalue weighted by molar-refractivity contribution is 6.31. The van der Waals surface area contributed by atoms with Gasteiger partial charge in [-0.2, -0.15) is 0 Å². The Bertz CT molecular complexity index is 1160. The summed E-state index contributed by atoms with van der Waals surface area (Å²) in [6, 6.07) is 8.36. The molecule has 0 spiro atoms. The van der Waals surface area contributed by atoms with Gasteiger partial charge in [-0.25, -0.2) is 4.98 Å². The lowest BCUT2D eigenvalue weighted by atomic mass is 9.84. The molecule has 6 nitrogen and oxygen atoms in total. The largest absolute Gasteiger partial charge is 0.467 e. The monoisotopic (exact) mass is 471 g/mol. The molecule has 2 aromatic heterocycles. The van der Waals surface area contributed by atoms with Gasteiger partial charge < -0.3 is 9.32 Å². The normalized spacial score (nSPS) is 13.8. The van der Waals surface area contributed by atoms with Crippen molar-refractivity contribution in [2.75, 3.05) is 0 Å². The highest BCUT2D eigenvalue weighted by Gasteiger charge is 2.28. The molecular formula is C26H34ClN3O3. The average molecular weight is 472 g/mol. The molecule has 0 aliphatic heterocycles. The van der Waals surface area contributed by atoms with Crippen molar-refractivity contribution in [1.82, 2.24) is 14.5 Å². The van der Waals surface area contributed by atoms with Gasteiger partial charge in [0.25, 0.3) is 5.56 Å². The van der Waals surface area contributed by atoms with Crippen LogP contribution in [0.25, 0.3) is 10.9 Å². The Kier molecular flexibility index (Phi) is 7.68. The molecule has 3 aromatic rings. The third-order valence-electron chi connectivity index (χ3n) is 5.81. The second-order valence-electron chi connectivity index (χ2n) is 10.0. The number of halogens is 1. The molecule has 1 amide bonds. The fraction of sp³-hybridized carbons (Fsp3) is 0.500. The van der Waals surface area contributed by atoms with Crippen LogP contribution in [-0.4, -0.2) is 20.4 Å². The summed E-state index contributed by atoms with van der Waals surface area (Å²) in [6.07, 6.45) is 2.96. The summed E-state index contributed by atoms with van der Waals surface area (Å²) in [4.78, 5) is 33.3. The summed E-state index contributed by atoms with van der Waals surface area (Å²) >= 11 is 6.11. The maximum absolute atomic E-state index is 13.5. The fourth-order valence-electron chi connectivity index (χ4n) is 4.52. The van der Waals surface area contributed by atoms with Crippen LogP contribution in [0.1, 0.15) is 72.0 Å². The maximum Gasteiger partial charge on any atom is 0.261 e. The molecule has 0 bridgehead atoms. The molecule has 2 unspecified atom stereocenters. The Morgan fingerprint density at radius 1 is 1.24 bits per heavy atom. The lowest BCUT2D eigenvalue weighted by Gasteiger charge is -2.31. The lowest BCUT2D eigenvalue weighted by Crippen LogP contribution is -2.38. The smallest absolute Gasteiger partial charge is 0.261 e. The van der Waals surface area contributed by atoms with Crippen LogP contribution in [0.5, 0.6) is 0 Å². The van der Waals surface area contributed by atoms with E-state index in [9.17, 15) is 9.59 Å². The number of fused-ring (bicyclic) bond motifs is 1. The first-order valence-corrected chi connectivity index (χ1v) is 11.9. The Labute approximate surface area is 200 Å². The van der Waals surface area contributed by atoms with Crippen LogP contribution in [0.15, 0.2) is 45.8 Å². The predicted octanol–water partition coefficient (Wildman–Crippen LogP) is 6.22. The number of carbonyl (C=O) groups is 1. The fourth-order valence-corrected chi connectivity index (χ4v) is 4.69. The standard InChI is InChI=1S/C26H34ClN3O3/c1-7-29-24(28-22-11-10-19(27)14-21(22)25(29)32)18(3)30(16-20-9-8-12-33-20)23(31)13-17(2)15-26(4,5)6/h8-12,14,17-18H,7,13,15-16H2,1-6H3. The SMILES string of the molecule is CCn1c(C(C)N(Cc2ccco2)C(=O)CC(C)CC(C)(C)C)nc2ccc(Cl)cc2c1=O. The van der Waals surface area contributed by atoms with Crippen LogP contribution in [0.4, 0.5) is 0 Å². The number of carbonyl (C=O) groups excluding carboxylic acids is 1. The second-order valence-corrected chi connectivity index (χ2v) is 10.5. The van der Waals surface area contributed by atoms with E-state index in [0.717, 1.165) is 6.42 Å². The number of rotatable bonds is 8. The first kappa shape index (κ1) is 25.0. The van der Waals surface area contributed by atoms with Gasteiger partial charge in [-0.15, -0.1) is 0 Å². The van der Waals surface area contributed by atoms with E-state index < -0.39 is 6.04 Å². The second kappa shape index (κ2) is 10.1. The minimum Gasteiger partial charge on any atom is -0.467 e. The molecule has 2 atom stereocenters. The van der Waals surface area contributed by atoms with Gasteiger partial charge in [-0.1, -0.05) is 39.3 Å². The van der Waals surface area contributed by atoms with Gasteiger partial charge in [0, 0.05) is 18.0 Å². The van der Waals surface area contributed by atoms with Crippen molar-refractivity contribution in [2.45, 2.75) is 73.5 Å². The van der Waals surface area contributed by atoms with Crippen molar-refractivity contribution in [3.05, 3.63) is 63.6 Å². The number of furan rings is 1. The molecule has 7 heteroatoms. The summed E-state index contributed by atoms with van der Waals surface area (Å²) < 4.78 is 7.18. The highest BCUT2D eigenvalue weighted by Crippen LogP contribution is 2.29. The molecule has 3 rings (SSSR count). The van der Waals surface area contributed by atoms with Crippen LogP contribution in [0.3, 0.4) is 0 Å². The van der Waals surface area contributed by atoms with Crippen molar-refractivity contribution in [3.63, 3.8) is 0 Å². The number of benzene rings is 1. The third-order valence-corrected chi connectivity index (χ3v) is 6.05. The summed E-state index contributed by atoms with van der Waals surface area (Å²) in [5.41, 5.74) is 0.557. The van der Waals surface area contributed by atoms with E-state index in [4.69, 9.17) is 21.0 Å². The minimum absolute atomic E-state index is 0.0174. The van der Waals surface area contributed by atoms with Gasteiger partial charge in [-0.3, -0.25) is 14.2 Å². The van der Waals surface area contributed by atoms with Crippen molar-refractivity contribution < 1.29 is 9.21 Å². The maximum atomic E-state index is 13.5. The molecule has 0 aliphatic rings. The van der Waals surface area contributed by atoms with Crippen LogP contribution < -0.4 is 5.56 Å². The van der Waals surface area contributed by atoms with Crippen LogP contribution in [0.2, 0.25) is 5.02 Å². The lowest BCUT2D eigenvalue weighted by molar-refractivity contribution is -0.135. The molecule has 0 aliphatic carbocycles. The number of amides is 1. The van der Waals surface area contributed by atoms with E-state index in [2.05, 4.69) is 27.7 Å². The van der Waals surface area contributed by atoms with E-state index in [-0.39, 0.29) is 22.8 Å². The Morgan fingerprint density at radius 3 is 2.58 bits per heavy atom. The number of hydrogen-bond donors (Lipinski definition) is 0. The molecule has 0 N–H and O–H groups in total. The first-order chi connectivity index (χ1) is 15.5. The van der Waals surface area contributed by atoms with E-state index in [1.807, 2.05) is 26.0 Å². The van der Waals surface area contributed by atoms with Gasteiger partial charge in [0.05, 0.1) is 29.8 Å². The summed E-state index contributed by atoms with van der Waals surface area (Å²) in [5, 5.41) is 0.968. The third kappa shape index (κ3) is 6.05. The molecule has 0 radical (unpaired) electrons. The highest BCUT2D eigenvalue weighted by atomic mass is 35.5. The molecule has 0 saturated carbocycles. The number of hydrogen-bond acceptors (Lipinski definition) is 4. The topological polar surface area (TPSA) is 68.3 Å². The van der Waals surface area contributed by atoms with Crippen molar-refractivity contribution in [1.29, 1.82) is 0 Å². The van der Waals surface area contributed by atoms with Gasteiger partial charge >= 0.3 is 0 Å². The van der Waals surface area contributed by atoms with E-state index in [1.165, 1.54) is 0 Å². The summed E-state index contributed by atoms with van der Waals surface area (Å²) in [6.45, 7) is 13.2. The van der Waals surface area contributed by atoms with Crippen molar-refractivity contribution in [3.8, 4) is 0 Å². The van der Waals surface area contributed by atoms with Crippen LogP contribution in [-0.2, 0) is 17.9 Å². The van der Waals surface area contributed by atoms with E-state index in [0.29, 0.717) is 47.0 Å². The van der Waals surface area contributed by atoms with E-state index in [1.54, 1.807) is 33.9 Å². The van der Waals surface area contributed by atoms with Gasteiger partial charge in [0.15, 0.2) is 0 Å². The Balaban J connectivity index is 2.01. The first-order valence-electron chi connectivity index (χ1n) is 11.5. The quantitative estimate of drug-likeness (QED) is 0.391. The summed E-state index contributed by atoms with van der Waals surface area (Å²) in [5.74, 6) is 1.49. The zero-order chi connectivity index (χ0) is 24.3. The molecule has 0 fully saturated rings. The van der Waals surface area contributed by atoms with Crippen molar-refractivity contribution >= 4 is 28.4 Å². The summed E-state index contributed by atoms with van der Waals surface area (Å²) in [7, 11) is 0. The molecule has 178 valence electrons. The van der Waals surface area contributed by atoms with E-state index >= 15 is 0 Å². The van der Waals surface area contributed by atoms with Crippen LogP contribution >= 0.6 is 11.6 Å². The van der Waals surface area contributed by atoms with Gasteiger partial charge in [0.2, 0.25) is 5.91 Å². The Hall–Kier alpha value is -2.60.